The molecule has 0 saturated carbocycles. The zero-order chi connectivity index (χ0) is 9.42. The summed E-state index contributed by atoms with van der Waals surface area (Å²) in [5.74, 6) is 0. The molecule has 0 fully saturated rings. The minimum absolute atomic E-state index is 0.108. The third-order valence-corrected chi connectivity index (χ3v) is 2.07. The van der Waals surface area contributed by atoms with Crippen molar-refractivity contribution >= 4 is 11.2 Å². The molecule has 0 aliphatic carbocycles. The fourth-order valence-corrected chi connectivity index (χ4v) is 1.36. The normalized spacial score (nSPS) is 10.6. The molecule has 2 aromatic rings. The van der Waals surface area contributed by atoms with Crippen LogP contribution in [0.2, 0.25) is 0 Å². The largest absolute Gasteiger partial charge is 0.307 e. The molecule has 4 heteroatoms. The number of nitrogens with zero attached hydrogens (tertiary/aromatic N) is 3. The summed E-state index contributed by atoms with van der Waals surface area (Å²) in [4.78, 5) is 19.3. The van der Waals surface area contributed by atoms with Gasteiger partial charge in [-0.2, -0.15) is 0 Å². The summed E-state index contributed by atoms with van der Waals surface area (Å²) in [7, 11) is 1.72. The molecule has 4 nitrogen and oxygen atoms in total. The van der Waals surface area contributed by atoms with Crippen molar-refractivity contribution in [2.24, 2.45) is 7.05 Å². The van der Waals surface area contributed by atoms with E-state index < -0.39 is 0 Å². The second-order valence-corrected chi connectivity index (χ2v) is 2.96. The van der Waals surface area contributed by atoms with Gasteiger partial charge in [-0.25, -0.2) is 9.97 Å². The van der Waals surface area contributed by atoms with Crippen molar-refractivity contribution in [2.45, 2.75) is 6.92 Å². The van der Waals surface area contributed by atoms with Crippen LogP contribution in [0.4, 0.5) is 0 Å². The summed E-state index contributed by atoms with van der Waals surface area (Å²) >= 11 is 0. The Kier molecular flexibility index (Phi) is 1.62. The lowest BCUT2D eigenvalue weighted by Crippen LogP contribution is -2.17. The predicted octanol–water partition coefficient (Wildman–Crippen LogP) is 0.637. The van der Waals surface area contributed by atoms with Crippen molar-refractivity contribution < 1.29 is 0 Å². The molecule has 0 aliphatic heterocycles. The lowest BCUT2D eigenvalue weighted by Gasteiger charge is -2.04. The monoisotopic (exact) mass is 175 g/mol. The van der Waals surface area contributed by atoms with Gasteiger partial charge < -0.3 is 4.57 Å². The van der Waals surface area contributed by atoms with E-state index in [1.54, 1.807) is 17.8 Å². The molecule has 0 unspecified atom stereocenters. The minimum atomic E-state index is -0.108. The second kappa shape index (κ2) is 2.65. The molecule has 0 atom stereocenters. The average molecular weight is 175 g/mol. The zero-order valence-electron chi connectivity index (χ0n) is 7.48. The van der Waals surface area contributed by atoms with E-state index in [2.05, 4.69) is 9.97 Å². The Morgan fingerprint density at radius 3 is 2.92 bits per heavy atom. The Morgan fingerprint density at radius 2 is 2.15 bits per heavy atom. The van der Waals surface area contributed by atoms with Crippen LogP contribution in [0, 0.1) is 6.92 Å². The summed E-state index contributed by atoms with van der Waals surface area (Å²) in [5, 5.41) is 0. The van der Waals surface area contributed by atoms with E-state index in [1.807, 2.05) is 13.0 Å². The molecule has 13 heavy (non-hydrogen) atoms. The van der Waals surface area contributed by atoms with Crippen molar-refractivity contribution in [3.05, 3.63) is 34.4 Å². The van der Waals surface area contributed by atoms with Crippen molar-refractivity contribution in [1.82, 2.24) is 14.5 Å². The zero-order valence-corrected chi connectivity index (χ0v) is 7.48. The van der Waals surface area contributed by atoms with Gasteiger partial charge in [0, 0.05) is 13.2 Å². The van der Waals surface area contributed by atoms with E-state index in [-0.39, 0.29) is 5.56 Å². The van der Waals surface area contributed by atoms with Crippen molar-refractivity contribution in [3.8, 4) is 0 Å². The van der Waals surface area contributed by atoms with Crippen LogP contribution >= 0.6 is 0 Å². The van der Waals surface area contributed by atoms with Gasteiger partial charge in [0.05, 0.1) is 11.7 Å². The van der Waals surface area contributed by atoms with Crippen LogP contribution in [0.5, 0.6) is 0 Å². The van der Waals surface area contributed by atoms with Crippen LogP contribution in [0.3, 0.4) is 0 Å². The van der Waals surface area contributed by atoms with Gasteiger partial charge in [0.1, 0.15) is 0 Å². The minimum Gasteiger partial charge on any atom is -0.307 e. The number of pyridine rings is 1. The van der Waals surface area contributed by atoms with E-state index in [0.717, 1.165) is 11.1 Å². The van der Waals surface area contributed by atoms with E-state index in [9.17, 15) is 4.79 Å². The third kappa shape index (κ3) is 1.11. The lowest BCUT2D eigenvalue weighted by molar-refractivity contribution is 0.882. The number of aryl methyl sites for hydroxylation is 2. The quantitative estimate of drug-likeness (QED) is 0.590. The van der Waals surface area contributed by atoms with Gasteiger partial charge >= 0.3 is 0 Å². The average Bonchev–Trinajstić information content (AvgIpc) is 2.12. The van der Waals surface area contributed by atoms with Crippen LogP contribution in [0.1, 0.15) is 5.56 Å². The van der Waals surface area contributed by atoms with E-state index in [4.69, 9.17) is 0 Å². The third-order valence-electron chi connectivity index (χ3n) is 2.07. The first kappa shape index (κ1) is 7.91. The Labute approximate surface area is 74.9 Å². The van der Waals surface area contributed by atoms with Crippen LogP contribution in [0.15, 0.2) is 23.3 Å². The molecule has 2 rings (SSSR count). The maximum absolute atomic E-state index is 11.3. The molecular formula is C9H9N3O. The van der Waals surface area contributed by atoms with Gasteiger partial charge in [-0.1, -0.05) is 0 Å². The number of hydrogen-bond donors (Lipinski definition) is 0. The van der Waals surface area contributed by atoms with Crippen LogP contribution < -0.4 is 5.56 Å². The predicted molar refractivity (Wildman–Crippen MR) is 49.5 cm³/mol. The lowest BCUT2D eigenvalue weighted by atomic mass is 10.2. The van der Waals surface area contributed by atoms with Crippen LogP contribution in [-0.4, -0.2) is 14.5 Å². The highest BCUT2D eigenvalue weighted by atomic mass is 16.1. The highest BCUT2D eigenvalue weighted by Crippen LogP contribution is 2.09. The van der Waals surface area contributed by atoms with Gasteiger partial charge in [-0.3, -0.25) is 4.79 Å². The summed E-state index contributed by atoms with van der Waals surface area (Å²) in [5.41, 5.74) is 2.32. The molecule has 0 spiro atoms. The Bertz CT molecular complexity index is 516. The molecule has 0 N–H and O–H groups in total. The Hall–Kier alpha value is -1.71. The first-order valence-corrected chi connectivity index (χ1v) is 3.97. The smallest absolute Gasteiger partial charge is 0.269 e. The fourth-order valence-electron chi connectivity index (χ4n) is 1.36. The van der Waals surface area contributed by atoms with Gasteiger partial charge in [0.2, 0.25) is 0 Å². The molecule has 0 saturated heterocycles. The molecule has 2 aromatic heterocycles. The summed E-state index contributed by atoms with van der Waals surface area (Å²) in [6.45, 7) is 1.94. The maximum Gasteiger partial charge on any atom is 0.269 e. The van der Waals surface area contributed by atoms with E-state index in [1.165, 1.54) is 6.20 Å². The molecule has 0 bridgehead atoms. The summed E-state index contributed by atoms with van der Waals surface area (Å²) < 4.78 is 1.56. The molecule has 2 heterocycles. The highest BCUT2D eigenvalue weighted by molar-refractivity contribution is 5.73. The molecular weight excluding hydrogens is 166 g/mol. The first-order valence-electron chi connectivity index (χ1n) is 3.97. The highest BCUT2D eigenvalue weighted by Gasteiger charge is 2.02. The van der Waals surface area contributed by atoms with Gasteiger partial charge in [-0.15, -0.1) is 0 Å². The van der Waals surface area contributed by atoms with Crippen LogP contribution in [0.25, 0.3) is 11.2 Å². The molecule has 0 amide bonds. The van der Waals surface area contributed by atoms with Crippen molar-refractivity contribution in [2.75, 3.05) is 0 Å². The second-order valence-electron chi connectivity index (χ2n) is 2.96. The van der Waals surface area contributed by atoms with E-state index in [0.29, 0.717) is 5.65 Å². The molecule has 0 radical (unpaired) electrons. The first-order chi connectivity index (χ1) is 6.20. The Balaban J connectivity index is 3.05. The van der Waals surface area contributed by atoms with Crippen LogP contribution in [-0.2, 0) is 7.05 Å². The Morgan fingerprint density at radius 1 is 1.38 bits per heavy atom. The van der Waals surface area contributed by atoms with Gasteiger partial charge in [-0.05, 0) is 18.6 Å². The van der Waals surface area contributed by atoms with Crippen molar-refractivity contribution in [1.29, 1.82) is 0 Å². The standard InChI is InChI=1S/C9H9N3O/c1-6-3-4-10-9-8(6)12(2)7(13)5-11-9/h3-5H,1-2H3. The summed E-state index contributed by atoms with van der Waals surface area (Å²) in [6, 6.07) is 1.86. The SMILES string of the molecule is Cc1ccnc2ncc(=O)n(C)c12. The number of rotatable bonds is 0. The number of fused-ring (bicyclic) bond motifs is 1. The topological polar surface area (TPSA) is 47.8 Å². The summed E-state index contributed by atoms with van der Waals surface area (Å²) in [6.07, 6.45) is 2.98. The van der Waals surface area contributed by atoms with Crippen molar-refractivity contribution in [3.63, 3.8) is 0 Å². The van der Waals surface area contributed by atoms with Gasteiger partial charge in [0.25, 0.3) is 5.56 Å². The molecule has 66 valence electrons. The number of aromatic nitrogens is 3. The fraction of sp³-hybridized carbons (Fsp3) is 0.222. The van der Waals surface area contributed by atoms with E-state index >= 15 is 0 Å². The van der Waals surface area contributed by atoms with Gasteiger partial charge in [0.15, 0.2) is 5.65 Å². The number of hydrogen-bond acceptors (Lipinski definition) is 3. The maximum atomic E-state index is 11.3. The molecule has 0 aromatic carbocycles. The molecule has 0 aliphatic rings.